The van der Waals surface area contributed by atoms with Gasteiger partial charge in [-0.05, 0) is 159 Å². The molecule has 7 fully saturated rings. The van der Waals surface area contributed by atoms with Gasteiger partial charge in [0, 0.05) is 0 Å². The van der Waals surface area contributed by atoms with Gasteiger partial charge in [-0.3, -0.25) is 0 Å². The largest absolute Gasteiger partial charge is 0.0622 e. The first kappa shape index (κ1) is 42.7. The zero-order chi connectivity index (χ0) is 38.6. The van der Waals surface area contributed by atoms with Crippen LogP contribution in [0, 0.1) is 140 Å². The first-order chi connectivity index (χ1) is 22.5. The van der Waals surface area contributed by atoms with E-state index in [1.807, 2.05) is 0 Å². The molecule has 50 heavy (non-hydrogen) atoms. The van der Waals surface area contributed by atoms with Gasteiger partial charge >= 0.3 is 0 Å². The van der Waals surface area contributed by atoms with Crippen LogP contribution in [0.5, 0.6) is 0 Å². The second-order valence-corrected chi connectivity index (χ2v) is 25.0. The van der Waals surface area contributed by atoms with E-state index < -0.39 is 0 Å². The third kappa shape index (κ3) is 7.01. The third-order valence-electron chi connectivity index (χ3n) is 19.7. The number of fused-ring (bicyclic) bond motifs is 3. The highest BCUT2D eigenvalue weighted by atomic mass is 14.6. The van der Waals surface area contributed by atoms with E-state index in [-0.39, 0.29) is 0 Å². The maximum Gasteiger partial charge on any atom is -0.0306 e. The van der Waals surface area contributed by atoms with Crippen molar-refractivity contribution in [3.05, 3.63) is 0 Å². The van der Waals surface area contributed by atoms with Gasteiger partial charge in [-0.25, -0.2) is 0 Å². The van der Waals surface area contributed by atoms with Crippen LogP contribution in [0.3, 0.4) is 0 Å². The van der Waals surface area contributed by atoms with Crippen LogP contribution in [0.25, 0.3) is 0 Å². The van der Waals surface area contributed by atoms with Gasteiger partial charge in [0.15, 0.2) is 0 Å². The van der Waals surface area contributed by atoms with Crippen LogP contribution in [0.15, 0.2) is 0 Å². The molecule has 0 saturated heterocycles. The van der Waals surface area contributed by atoms with E-state index >= 15 is 0 Å². The van der Waals surface area contributed by atoms with E-state index in [9.17, 15) is 0 Å². The molecule has 0 heterocycles. The summed E-state index contributed by atoms with van der Waals surface area (Å²) in [5, 5.41) is 0. The predicted octanol–water partition coefficient (Wildman–Crippen LogP) is 15.3. The maximum absolute atomic E-state index is 2.70. The fourth-order valence-corrected chi connectivity index (χ4v) is 18.9. The van der Waals surface area contributed by atoms with Crippen molar-refractivity contribution < 1.29 is 0 Å². The Hall–Kier alpha value is 0. The van der Waals surface area contributed by atoms with Crippen LogP contribution >= 0.6 is 0 Å². The zero-order valence-corrected chi connectivity index (χ0v) is 38.6. The Morgan fingerprint density at radius 2 is 0.440 bits per heavy atom. The highest BCUT2D eigenvalue weighted by molar-refractivity contribution is 5.07. The van der Waals surface area contributed by atoms with E-state index in [0.29, 0.717) is 27.1 Å². The average Bonchev–Trinajstić information content (AvgIpc) is 2.92. The number of hydrogen-bond acceptors (Lipinski definition) is 0. The maximum atomic E-state index is 2.70. The molecule has 0 N–H and O–H groups in total. The first-order valence-corrected chi connectivity index (χ1v) is 22.5. The summed E-state index contributed by atoms with van der Waals surface area (Å²) in [6.45, 7) is 62.0. The highest BCUT2D eigenvalue weighted by Crippen LogP contribution is 2.65. The molecule has 0 aliphatic heterocycles. The van der Waals surface area contributed by atoms with Crippen molar-refractivity contribution in [1.82, 2.24) is 0 Å². The van der Waals surface area contributed by atoms with E-state index in [1.165, 1.54) is 19.3 Å². The molecule has 294 valence electrons. The molecule has 0 heteroatoms. The molecule has 7 aliphatic carbocycles. The van der Waals surface area contributed by atoms with Gasteiger partial charge in [0.1, 0.15) is 0 Å². The molecule has 0 radical (unpaired) electrons. The van der Waals surface area contributed by atoms with Gasteiger partial charge in [-0.2, -0.15) is 0 Å². The van der Waals surface area contributed by atoms with Crippen molar-refractivity contribution in [3.8, 4) is 0 Å². The molecule has 0 spiro atoms. The van der Waals surface area contributed by atoms with Gasteiger partial charge in [-0.15, -0.1) is 0 Å². The Morgan fingerprint density at radius 3 is 0.660 bits per heavy atom. The smallest absolute Gasteiger partial charge is 0.0306 e. The standard InChI is InChI=1S/C50H94/c1-27-24-46(14,15)41-32(6)34(8)43(35(9)33(41)7)49(20,21)26-50(22,23)45-38(12)36(10)44(37(11)39(45)13)48(18,19)25-47(16,17)42-30(4)28(2)40(27)29(3)31(42)5/h27-45H,24-26H2,1-23H3. The second-order valence-electron chi connectivity index (χ2n) is 25.0. The van der Waals surface area contributed by atoms with Crippen molar-refractivity contribution in [3.63, 3.8) is 0 Å². The molecule has 13 unspecified atom stereocenters. The first-order valence-electron chi connectivity index (χ1n) is 22.5. The molecule has 7 rings (SSSR count). The van der Waals surface area contributed by atoms with Crippen LogP contribution in [0.1, 0.15) is 179 Å². The van der Waals surface area contributed by atoms with Crippen molar-refractivity contribution in [2.75, 3.05) is 0 Å². The van der Waals surface area contributed by atoms with Crippen molar-refractivity contribution in [2.45, 2.75) is 179 Å². The quantitative estimate of drug-likeness (QED) is 0.237. The summed E-state index contributed by atoms with van der Waals surface area (Å²) < 4.78 is 0. The Morgan fingerprint density at radius 1 is 0.260 bits per heavy atom. The highest BCUT2D eigenvalue weighted by Gasteiger charge is 2.59. The third-order valence-corrected chi connectivity index (χ3v) is 19.7. The Kier molecular flexibility index (Phi) is 11.9. The minimum atomic E-state index is 0.311. The normalized spacial score (nSPS) is 53.5. The average molecular weight is 695 g/mol. The molecule has 13 atom stereocenters. The second kappa shape index (κ2) is 13.9. The summed E-state index contributed by atoms with van der Waals surface area (Å²) >= 11 is 0. The lowest BCUT2D eigenvalue weighted by Gasteiger charge is -2.61. The lowest BCUT2D eigenvalue weighted by molar-refractivity contribution is -0.131. The minimum Gasteiger partial charge on any atom is -0.0622 e. The number of rotatable bonds is 0. The fourth-order valence-electron chi connectivity index (χ4n) is 18.9. The Labute approximate surface area is 317 Å². The predicted molar refractivity (Wildman–Crippen MR) is 223 cm³/mol. The zero-order valence-electron chi connectivity index (χ0n) is 38.6. The fraction of sp³-hybridized carbons (Fsp3) is 1.00. The number of hydrogen-bond donors (Lipinski definition) is 0. The summed E-state index contributed by atoms with van der Waals surface area (Å²) in [7, 11) is 0. The van der Waals surface area contributed by atoms with Crippen molar-refractivity contribution >= 4 is 0 Å². The molecule has 0 amide bonds. The topological polar surface area (TPSA) is 0 Å². The molecule has 0 nitrogen and oxygen atoms in total. The van der Waals surface area contributed by atoms with Crippen molar-refractivity contribution in [2.24, 2.45) is 140 Å². The van der Waals surface area contributed by atoms with Gasteiger partial charge in [-0.1, -0.05) is 159 Å². The van der Waals surface area contributed by atoms with E-state index in [2.05, 4.69) is 159 Å². The molecule has 0 aromatic rings. The summed E-state index contributed by atoms with van der Waals surface area (Å²) in [4.78, 5) is 0. The molecule has 6 bridgehead atoms. The van der Waals surface area contributed by atoms with Crippen LogP contribution in [0.4, 0.5) is 0 Å². The van der Waals surface area contributed by atoms with Gasteiger partial charge < -0.3 is 0 Å². The molecule has 7 aliphatic rings. The lowest BCUT2D eigenvalue weighted by atomic mass is 9.44. The van der Waals surface area contributed by atoms with Gasteiger partial charge in [0.2, 0.25) is 0 Å². The Balaban J connectivity index is 1.89. The molecular formula is C50H94. The summed E-state index contributed by atoms with van der Waals surface area (Å²) in [5.41, 5.74) is 1.60. The monoisotopic (exact) mass is 695 g/mol. The summed E-state index contributed by atoms with van der Waals surface area (Å²) in [6.07, 6.45) is 4.07. The van der Waals surface area contributed by atoms with Crippen LogP contribution in [-0.4, -0.2) is 0 Å². The van der Waals surface area contributed by atoms with Crippen molar-refractivity contribution in [1.29, 1.82) is 0 Å². The lowest BCUT2D eigenvalue weighted by Crippen LogP contribution is -2.55. The van der Waals surface area contributed by atoms with Gasteiger partial charge in [0.05, 0.1) is 0 Å². The molecule has 0 aromatic heterocycles. The van der Waals surface area contributed by atoms with Gasteiger partial charge in [0.25, 0.3) is 0 Å². The van der Waals surface area contributed by atoms with Crippen LogP contribution < -0.4 is 0 Å². The summed E-state index contributed by atoms with van der Waals surface area (Å²) in [6, 6.07) is 0. The minimum absolute atomic E-state index is 0.311. The van der Waals surface area contributed by atoms with E-state index in [4.69, 9.17) is 0 Å². The van der Waals surface area contributed by atoms with E-state index in [0.717, 1.165) is 112 Å². The Bertz CT molecular complexity index is 1100. The molecule has 0 aromatic carbocycles. The SMILES string of the molecule is CC1CC(C)(C)C2C(C)C(C)C(C(C)C2C)C(C)(C)CC(C)(C)C2C(C)C(C)C(C(C)C2C)C(C)(C)CC(C)(C)C2C(C)C(C)C1C(C)C2C. The van der Waals surface area contributed by atoms with Crippen LogP contribution in [-0.2, 0) is 0 Å². The summed E-state index contributed by atoms with van der Waals surface area (Å²) in [5.74, 6) is 14.4. The van der Waals surface area contributed by atoms with Crippen LogP contribution in [0.2, 0.25) is 0 Å². The van der Waals surface area contributed by atoms with E-state index in [1.54, 1.807) is 0 Å². The molecule has 7 saturated carbocycles. The molecular weight excluding hydrogens is 601 g/mol.